The van der Waals surface area contributed by atoms with Crippen molar-refractivity contribution in [2.24, 2.45) is 5.92 Å². The average molecular weight is 551 g/mol. The number of carbonyl (C=O) groups is 3. The molecule has 6 nitrogen and oxygen atoms in total. The van der Waals surface area contributed by atoms with Gasteiger partial charge in [0.25, 0.3) is 5.91 Å². The van der Waals surface area contributed by atoms with Crippen LogP contribution in [0, 0.1) is 5.92 Å². The number of hydrogen-bond acceptors (Lipinski definition) is 3. The first kappa shape index (κ1) is 26.8. The fourth-order valence-corrected chi connectivity index (χ4v) is 5.87. The van der Waals surface area contributed by atoms with Gasteiger partial charge in [0.2, 0.25) is 11.8 Å². The fraction of sp³-hybridized carbons (Fsp3) is 0.444. The molecule has 0 bridgehead atoms. The molecule has 2 fully saturated rings. The predicted octanol–water partition coefficient (Wildman–Crippen LogP) is 5.36. The van der Waals surface area contributed by atoms with Gasteiger partial charge in [-0.05, 0) is 49.1 Å². The van der Waals surface area contributed by atoms with Gasteiger partial charge < -0.3 is 14.7 Å². The Morgan fingerprint density at radius 3 is 2.17 bits per heavy atom. The van der Waals surface area contributed by atoms with E-state index < -0.39 is 0 Å². The molecule has 0 aliphatic carbocycles. The molecular formula is C27H30Cl3N3O3. The summed E-state index contributed by atoms with van der Waals surface area (Å²) in [7, 11) is 1.79. The molecule has 0 radical (unpaired) electrons. The maximum absolute atomic E-state index is 13.5. The number of carbonyl (C=O) groups excluding carboxylic acids is 3. The van der Waals surface area contributed by atoms with E-state index in [2.05, 4.69) is 0 Å². The van der Waals surface area contributed by atoms with Crippen molar-refractivity contribution in [1.29, 1.82) is 0 Å². The zero-order valence-corrected chi connectivity index (χ0v) is 22.7. The third-order valence-corrected chi connectivity index (χ3v) is 8.54. The molecule has 0 N–H and O–H groups in total. The lowest BCUT2D eigenvalue weighted by molar-refractivity contribution is -0.141. The van der Waals surface area contributed by atoms with Crippen LogP contribution in [0.4, 0.5) is 0 Å². The van der Waals surface area contributed by atoms with Gasteiger partial charge in [-0.25, -0.2) is 0 Å². The molecule has 4 rings (SSSR count). The van der Waals surface area contributed by atoms with E-state index in [9.17, 15) is 14.4 Å². The van der Waals surface area contributed by atoms with Crippen LogP contribution in [0.3, 0.4) is 0 Å². The number of hydrogen-bond donors (Lipinski definition) is 0. The third kappa shape index (κ3) is 5.66. The standard InChI is InChI=1S/C27H30Cl3N3O3/c1-17(34)32-12-9-18(10-13-32)26(35)33-14-11-25(21(16-33)19-7-8-23(29)24(30)15-19)31(2)27(36)20-5-3-4-6-22(20)28/h3-8,15,18,21,25H,9-14,16H2,1-2H3. The van der Waals surface area contributed by atoms with Crippen molar-refractivity contribution in [3.63, 3.8) is 0 Å². The number of benzene rings is 2. The minimum Gasteiger partial charge on any atom is -0.343 e. The Morgan fingerprint density at radius 2 is 1.53 bits per heavy atom. The zero-order valence-electron chi connectivity index (χ0n) is 20.4. The van der Waals surface area contributed by atoms with Crippen LogP contribution in [-0.4, -0.2) is 71.7 Å². The Hall–Kier alpha value is -2.28. The van der Waals surface area contributed by atoms with Gasteiger partial charge in [-0.15, -0.1) is 0 Å². The molecule has 2 unspecified atom stereocenters. The number of rotatable bonds is 4. The molecule has 3 amide bonds. The van der Waals surface area contributed by atoms with Crippen LogP contribution < -0.4 is 0 Å². The van der Waals surface area contributed by atoms with Crippen molar-refractivity contribution in [3.05, 3.63) is 68.7 Å². The lowest BCUT2D eigenvalue weighted by Crippen LogP contribution is -2.53. The summed E-state index contributed by atoms with van der Waals surface area (Å²) in [6.07, 6.45) is 1.96. The SMILES string of the molecule is CC(=O)N1CCC(C(=O)N2CCC(N(C)C(=O)c3ccccc3Cl)C(c3ccc(Cl)c(Cl)c3)C2)CC1. The van der Waals surface area contributed by atoms with Crippen LogP contribution in [0.25, 0.3) is 0 Å². The largest absolute Gasteiger partial charge is 0.343 e. The van der Waals surface area contributed by atoms with Gasteiger partial charge in [-0.1, -0.05) is 53.0 Å². The van der Waals surface area contributed by atoms with E-state index >= 15 is 0 Å². The molecule has 2 aromatic carbocycles. The van der Waals surface area contributed by atoms with Crippen molar-refractivity contribution in [2.75, 3.05) is 33.2 Å². The van der Waals surface area contributed by atoms with Gasteiger partial charge in [0, 0.05) is 58.0 Å². The van der Waals surface area contributed by atoms with E-state index in [0.717, 1.165) is 5.56 Å². The van der Waals surface area contributed by atoms with Crippen molar-refractivity contribution < 1.29 is 14.4 Å². The highest BCUT2D eigenvalue weighted by molar-refractivity contribution is 6.42. The van der Waals surface area contributed by atoms with E-state index in [-0.39, 0.29) is 35.6 Å². The molecule has 0 spiro atoms. The van der Waals surface area contributed by atoms with Gasteiger partial charge in [0.15, 0.2) is 0 Å². The Bertz CT molecular complexity index is 1150. The molecular weight excluding hydrogens is 521 g/mol. The van der Waals surface area contributed by atoms with Gasteiger partial charge in [-0.3, -0.25) is 14.4 Å². The summed E-state index contributed by atoms with van der Waals surface area (Å²) in [5, 5.41) is 1.30. The second-order valence-electron chi connectivity index (χ2n) is 9.60. The highest BCUT2D eigenvalue weighted by Crippen LogP contribution is 2.36. The Balaban J connectivity index is 1.56. The average Bonchev–Trinajstić information content (AvgIpc) is 2.89. The number of piperidine rings is 2. The number of nitrogens with zero attached hydrogens (tertiary/aromatic N) is 3. The van der Waals surface area contributed by atoms with Crippen molar-refractivity contribution in [2.45, 2.75) is 38.1 Å². The summed E-state index contributed by atoms with van der Waals surface area (Å²) < 4.78 is 0. The summed E-state index contributed by atoms with van der Waals surface area (Å²) >= 11 is 18.9. The van der Waals surface area contributed by atoms with Crippen molar-refractivity contribution >= 4 is 52.5 Å². The minimum absolute atomic E-state index is 0.0487. The van der Waals surface area contributed by atoms with Crippen LogP contribution in [0.2, 0.25) is 15.1 Å². The molecule has 36 heavy (non-hydrogen) atoms. The van der Waals surface area contributed by atoms with Crippen LogP contribution in [0.1, 0.15) is 48.0 Å². The third-order valence-electron chi connectivity index (χ3n) is 7.47. The van der Waals surface area contributed by atoms with Gasteiger partial charge in [-0.2, -0.15) is 0 Å². The molecule has 2 saturated heterocycles. The van der Waals surface area contributed by atoms with E-state index in [0.29, 0.717) is 66.1 Å². The fourth-order valence-electron chi connectivity index (χ4n) is 5.35. The number of likely N-dealkylation sites (N-methyl/N-ethyl adjacent to an activating group) is 1. The molecule has 2 aliphatic rings. The summed E-state index contributed by atoms with van der Waals surface area (Å²) in [4.78, 5) is 44.0. The van der Waals surface area contributed by atoms with Crippen molar-refractivity contribution in [3.8, 4) is 0 Å². The lowest BCUT2D eigenvalue weighted by Gasteiger charge is -2.44. The maximum atomic E-state index is 13.5. The van der Waals surface area contributed by atoms with E-state index in [1.807, 2.05) is 17.0 Å². The Labute approximate surface area is 227 Å². The van der Waals surface area contributed by atoms with E-state index in [1.165, 1.54) is 0 Å². The minimum atomic E-state index is -0.160. The molecule has 0 aromatic heterocycles. The second-order valence-corrected chi connectivity index (χ2v) is 10.8. The number of amides is 3. The van der Waals surface area contributed by atoms with E-state index in [4.69, 9.17) is 34.8 Å². The molecule has 2 aliphatic heterocycles. The molecule has 2 aromatic rings. The Kier molecular flexibility index (Phi) is 8.48. The van der Waals surface area contributed by atoms with E-state index in [1.54, 1.807) is 54.1 Å². The summed E-state index contributed by atoms with van der Waals surface area (Å²) in [6, 6.07) is 12.4. The molecule has 9 heteroatoms. The maximum Gasteiger partial charge on any atom is 0.255 e. The molecule has 2 heterocycles. The smallest absolute Gasteiger partial charge is 0.255 e. The number of halogens is 3. The number of likely N-dealkylation sites (tertiary alicyclic amines) is 2. The zero-order chi connectivity index (χ0) is 26.0. The van der Waals surface area contributed by atoms with Crippen molar-refractivity contribution in [1.82, 2.24) is 14.7 Å². The van der Waals surface area contributed by atoms with Crippen LogP contribution in [0.15, 0.2) is 42.5 Å². The predicted molar refractivity (Wildman–Crippen MR) is 143 cm³/mol. The van der Waals surface area contributed by atoms with Crippen LogP contribution in [-0.2, 0) is 9.59 Å². The monoisotopic (exact) mass is 549 g/mol. The molecule has 192 valence electrons. The van der Waals surface area contributed by atoms with Gasteiger partial charge >= 0.3 is 0 Å². The Morgan fingerprint density at radius 1 is 0.861 bits per heavy atom. The first-order valence-electron chi connectivity index (χ1n) is 12.2. The normalized spacial score (nSPS) is 20.8. The molecule has 0 saturated carbocycles. The summed E-state index contributed by atoms with van der Waals surface area (Å²) in [6.45, 7) is 3.79. The topological polar surface area (TPSA) is 60.9 Å². The van der Waals surface area contributed by atoms with Crippen LogP contribution >= 0.6 is 34.8 Å². The quantitative estimate of drug-likeness (QED) is 0.515. The molecule has 2 atom stereocenters. The van der Waals surface area contributed by atoms with Gasteiger partial charge in [0.05, 0.1) is 20.6 Å². The first-order chi connectivity index (χ1) is 17.2. The lowest BCUT2D eigenvalue weighted by atomic mass is 9.83. The summed E-state index contributed by atoms with van der Waals surface area (Å²) in [5.74, 6) is -0.248. The summed E-state index contributed by atoms with van der Waals surface area (Å²) in [5.41, 5.74) is 1.38. The highest BCUT2D eigenvalue weighted by atomic mass is 35.5. The highest BCUT2D eigenvalue weighted by Gasteiger charge is 2.39. The first-order valence-corrected chi connectivity index (χ1v) is 13.3. The van der Waals surface area contributed by atoms with Crippen LogP contribution in [0.5, 0.6) is 0 Å². The second kappa shape index (κ2) is 11.4. The van der Waals surface area contributed by atoms with Gasteiger partial charge in [0.1, 0.15) is 0 Å².